The largest absolute Gasteiger partial charge is 0.327 e. The molecule has 0 aliphatic heterocycles. The first-order chi connectivity index (χ1) is 7.52. The van der Waals surface area contributed by atoms with Crippen LogP contribution in [0, 0.1) is 19.8 Å². The molecule has 1 heterocycles. The first-order valence-corrected chi connectivity index (χ1v) is 6.85. The molecule has 2 N–H and O–H groups in total. The lowest BCUT2D eigenvalue weighted by Crippen LogP contribution is -2.30. The van der Waals surface area contributed by atoms with Gasteiger partial charge in [-0.2, -0.15) is 0 Å². The van der Waals surface area contributed by atoms with Crippen molar-refractivity contribution < 1.29 is 0 Å². The molecule has 0 aliphatic carbocycles. The summed E-state index contributed by atoms with van der Waals surface area (Å²) in [7, 11) is 0. The minimum Gasteiger partial charge on any atom is -0.327 e. The van der Waals surface area contributed by atoms with Crippen LogP contribution in [0.3, 0.4) is 0 Å². The topological polar surface area (TPSA) is 38.9 Å². The zero-order valence-electron chi connectivity index (χ0n) is 10.7. The summed E-state index contributed by atoms with van der Waals surface area (Å²) in [5.41, 5.74) is 8.46. The fourth-order valence-electron chi connectivity index (χ4n) is 1.53. The van der Waals surface area contributed by atoms with E-state index in [0.717, 1.165) is 22.9 Å². The van der Waals surface area contributed by atoms with E-state index >= 15 is 0 Å². The molecule has 0 aliphatic rings. The summed E-state index contributed by atoms with van der Waals surface area (Å²) in [5, 5.41) is 1.09. The molecule has 0 spiro atoms. The molecule has 90 valence electrons. The lowest BCUT2D eigenvalue weighted by molar-refractivity contribution is 0.475. The highest BCUT2D eigenvalue weighted by Crippen LogP contribution is 2.20. The molecule has 1 aromatic heterocycles. The zero-order chi connectivity index (χ0) is 12.1. The number of pyridine rings is 1. The summed E-state index contributed by atoms with van der Waals surface area (Å²) in [6.07, 6.45) is 1.14. The standard InChI is InChI=1S/C13H22N2S/c1-5-10(3)12(14)8-16-13-7-9(2)6-11(4)15-13/h6-7,10,12H,5,8,14H2,1-4H3. The molecule has 2 unspecified atom stereocenters. The van der Waals surface area contributed by atoms with Gasteiger partial charge in [0.2, 0.25) is 0 Å². The normalized spacial score (nSPS) is 14.8. The third kappa shape index (κ3) is 4.14. The average Bonchev–Trinajstić information content (AvgIpc) is 2.23. The van der Waals surface area contributed by atoms with Gasteiger partial charge in [0.1, 0.15) is 0 Å². The van der Waals surface area contributed by atoms with Gasteiger partial charge < -0.3 is 5.73 Å². The van der Waals surface area contributed by atoms with Crippen LogP contribution in [-0.2, 0) is 0 Å². The smallest absolute Gasteiger partial charge is 0.0966 e. The monoisotopic (exact) mass is 238 g/mol. The van der Waals surface area contributed by atoms with Crippen LogP contribution >= 0.6 is 11.8 Å². The number of hydrogen-bond acceptors (Lipinski definition) is 3. The van der Waals surface area contributed by atoms with Gasteiger partial charge >= 0.3 is 0 Å². The van der Waals surface area contributed by atoms with E-state index in [9.17, 15) is 0 Å². The van der Waals surface area contributed by atoms with Gasteiger partial charge in [-0.3, -0.25) is 0 Å². The van der Waals surface area contributed by atoms with E-state index in [1.165, 1.54) is 5.56 Å². The third-order valence-corrected chi connectivity index (χ3v) is 3.93. The van der Waals surface area contributed by atoms with Crippen molar-refractivity contribution in [2.45, 2.75) is 45.2 Å². The Labute approximate surface area is 103 Å². The molecule has 16 heavy (non-hydrogen) atoms. The van der Waals surface area contributed by atoms with Crippen molar-refractivity contribution in [3.8, 4) is 0 Å². The molecule has 0 radical (unpaired) electrons. The second-order valence-electron chi connectivity index (χ2n) is 4.48. The van der Waals surface area contributed by atoms with Crippen LogP contribution < -0.4 is 5.73 Å². The predicted octanol–water partition coefficient (Wildman–Crippen LogP) is 3.16. The lowest BCUT2D eigenvalue weighted by atomic mass is 10.0. The van der Waals surface area contributed by atoms with Gasteiger partial charge in [-0.25, -0.2) is 4.98 Å². The number of hydrogen-bond donors (Lipinski definition) is 1. The minimum absolute atomic E-state index is 0.262. The van der Waals surface area contributed by atoms with Crippen molar-refractivity contribution in [3.05, 3.63) is 23.4 Å². The molecule has 3 heteroatoms. The van der Waals surface area contributed by atoms with Crippen molar-refractivity contribution in [2.24, 2.45) is 11.7 Å². The highest BCUT2D eigenvalue weighted by Gasteiger charge is 2.11. The van der Waals surface area contributed by atoms with E-state index in [0.29, 0.717) is 5.92 Å². The van der Waals surface area contributed by atoms with Crippen molar-refractivity contribution in [1.82, 2.24) is 4.98 Å². The maximum absolute atomic E-state index is 6.10. The third-order valence-electron chi connectivity index (χ3n) is 2.87. The van der Waals surface area contributed by atoms with Crippen molar-refractivity contribution in [1.29, 1.82) is 0 Å². The first kappa shape index (κ1) is 13.5. The highest BCUT2D eigenvalue weighted by molar-refractivity contribution is 7.99. The Hall–Kier alpha value is -0.540. The number of nitrogens with zero attached hydrogens (tertiary/aromatic N) is 1. The maximum Gasteiger partial charge on any atom is 0.0966 e. The summed E-state index contributed by atoms with van der Waals surface area (Å²) >= 11 is 1.76. The summed E-state index contributed by atoms with van der Waals surface area (Å²) in [6.45, 7) is 8.53. The van der Waals surface area contributed by atoms with Crippen molar-refractivity contribution in [3.63, 3.8) is 0 Å². The van der Waals surface area contributed by atoms with Gasteiger partial charge in [-0.15, -0.1) is 11.8 Å². The molecule has 2 atom stereocenters. The molecular formula is C13H22N2S. The van der Waals surface area contributed by atoms with Gasteiger partial charge in [0, 0.05) is 17.5 Å². The van der Waals surface area contributed by atoms with E-state index < -0.39 is 0 Å². The summed E-state index contributed by atoms with van der Waals surface area (Å²) in [6, 6.07) is 4.48. The van der Waals surface area contributed by atoms with E-state index in [-0.39, 0.29) is 6.04 Å². The number of thioether (sulfide) groups is 1. The van der Waals surface area contributed by atoms with E-state index in [1.54, 1.807) is 11.8 Å². The molecule has 0 bridgehead atoms. The second-order valence-corrected chi connectivity index (χ2v) is 5.52. The Morgan fingerprint density at radius 1 is 1.38 bits per heavy atom. The van der Waals surface area contributed by atoms with Gasteiger partial charge in [0.05, 0.1) is 5.03 Å². The first-order valence-electron chi connectivity index (χ1n) is 5.86. The van der Waals surface area contributed by atoms with Crippen LogP contribution in [0.25, 0.3) is 0 Å². The maximum atomic E-state index is 6.10. The molecular weight excluding hydrogens is 216 g/mol. The van der Waals surface area contributed by atoms with E-state index in [4.69, 9.17) is 5.73 Å². The molecule has 0 aromatic carbocycles. The fourth-order valence-corrected chi connectivity index (χ4v) is 2.70. The molecule has 1 aromatic rings. The number of aryl methyl sites for hydroxylation is 2. The van der Waals surface area contributed by atoms with Crippen LogP contribution in [0.4, 0.5) is 0 Å². The Kier molecular flexibility index (Phi) is 5.29. The van der Waals surface area contributed by atoms with E-state index in [2.05, 4.69) is 37.9 Å². The molecule has 1 rings (SSSR count). The summed E-state index contributed by atoms with van der Waals surface area (Å²) < 4.78 is 0. The molecule has 0 amide bonds. The van der Waals surface area contributed by atoms with Crippen molar-refractivity contribution >= 4 is 11.8 Å². The lowest BCUT2D eigenvalue weighted by Gasteiger charge is -2.17. The summed E-state index contributed by atoms with van der Waals surface area (Å²) in [4.78, 5) is 4.50. The number of nitrogens with two attached hydrogens (primary N) is 1. The number of aromatic nitrogens is 1. The van der Waals surface area contributed by atoms with Gasteiger partial charge in [-0.1, -0.05) is 20.3 Å². The van der Waals surface area contributed by atoms with Crippen LogP contribution in [0.1, 0.15) is 31.5 Å². The Bertz CT molecular complexity index is 318. The van der Waals surface area contributed by atoms with Crippen LogP contribution in [0.15, 0.2) is 17.2 Å². The van der Waals surface area contributed by atoms with Crippen LogP contribution in [-0.4, -0.2) is 16.8 Å². The molecule has 0 saturated carbocycles. The minimum atomic E-state index is 0.262. The summed E-state index contributed by atoms with van der Waals surface area (Å²) in [5.74, 6) is 1.53. The zero-order valence-corrected chi connectivity index (χ0v) is 11.5. The van der Waals surface area contributed by atoms with Crippen LogP contribution in [0.2, 0.25) is 0 Å². The quantitative estimate of drug-likeness (QED) is 0.801. The number of rotatable bonds is 5. The Morgan fingerprint density at radius 2 is 2.06 bits per heavy atom. The Morgan fingerprint density at radius 3 is 2.62 bits per heavy atom. The second kappa shape index (κ2) is 6.26. The fraction of sp³-hybridized carbons (Fsp3) is 0.615. The van der Waals surface area contributed by atoms with Gasteiger partial charge in [0.15, 0.2) is 0 Å². The van der Waals surface area contributed by atoms with Crippen molar-refractivity contribution in [2.75, 3.05) is 5.75 Å². The molecule has 0 fully saturated rings. The molecule has 0 saturated heterocycles. The molecule has 2 nitrogen and oxygen atoms in total. The Balaban J connectivity index is 2.54. The van der Waals surface area contributed by atoms with E-state index in [1.807, 2.05) is 6.92 Å². The predicted molar refractivity (Wildman–Crippen MR) is 71.9 cm³/mol. The SMILES string of the molecule is CCC(C)C(N)CSc1cc(C)cc(C)n1. The van der Waals surface area contributed by atoms with Crippen LogP contribution in [0.5, 0.6) is 0 Å². The van der Waals surface area contributed by atoms with Gasteiger partial charge in [-0.05, 0) is 37.5 Å². The van der Waals surface area contributed by atoms with Gasteiger partial charge in [0.25, 0.3) is 0 Å². The average molecular weight is 238 g/mol. The highest BCUT2D eigenvalue weighted by atomic mass is 32.2.